The zero-order valence-corrected chi connectivity index (χ0v) is 24.0. The van der Waals surface area contributed by atoms with E-state index in [2.05, 4.69) is 91.0 Å². The number of hydrogen-bond donors (Lipinski definition) is 0. The molecule has 4 heteroatoms. The Morgan fingerprint density at radius 3 is 1.12 bits per heavy atom. The third-order valence-electron chi connectivity index (χ3n) is 7.41. The van der Waals surface area contributed by atoms with Crippen LogP contribution in [0.1, 0.15) is 0 Å². The molecule has 3 nitrogen and oxygen atoms in total. The summed E-state index contributed by atoms with van der Waals surface area (Å²) in [6, 6.07) is 53.6. The topological polar surface area (TPSA) is 38.7 Å². The van der Waals surface area contributed by atoms with Gasteiger partial charge in [-0.1, -0.05) is 151 Å². The molecule has 1 heterocycles. The van der Waals surface area contributed by atoms with E-state index >= 15 is 0 Å². The van der Waals surface area contributed by atoms with Crippen LogP contribution in [-0.4, -0.2) is 15.0 Å². The molecule has 0 atom stereocenters. The van der Waals surface area contributed by atoms with Crippen molar-refractivity contribution in [3.05, 3.63) is 163 Å². The summed E-state index contributed by atoms with van der Waals surface area (Å²) >= 11 is 6.30. The minimum Gasteiger partial charge on any atom is -0.208 e. The number of benzene rings is 6. The summed E-state index contributed by atoms with van der Waals surface area (Å²) < 4.78 is 0. The van der Waals surface area contributed by atoms with Crippen LogP contribution in [0.25, 0.3) is 67.5 Å². The molecule has 0 saturated carbocycles. The van der Waals surface area contributed by atoms with Crippen LogP contribution in [0.3, 0.4) is 0 Å². The van der Waals surface area contributed by atoms with E-state index in [1.165, 1.54) is 11.1 Å². The van der Waals surface area contributed by atoms with E-state index in [9.17, 15) is 0 Å². The Morgan fingerprint density at radius 2 is 0.628 bits per heavy atom. The molecule has 0 spiro atoms. The summed E-state index contributed by atoms with van der Waals surface area (Å²) in [7, 11) is 0. The molecule has 0 unspecified atom stereocenters. The van der Waals surface area contributed by atoms with E-state index in [0.29, 0.717) is 22.5 Å². The highest BCUT2D eigenvalue weighted by Crippen LogP contribution is 2.31. The van der Waals surface area contributed by atoms with Gasteiger partial charge in [0.2, 0.25) is 0 Å². The van der Waals surface area contributed by atoms with Gasteiger partial charge in [-0.05, 0) is 51.6 Å². The normalized spacial score (nSPS) is 10.9. The van der Waals surface area contributed by atoms with Crippen LogP contribution in [0.5, 0.6) is 0 Å². The van der Waals surface area contributed by atoms with Gasteiger partial charge in [0.05, 0.1) is 0 Å². The standard InChI is InChI=1S/C39H26ClN3/c40-36-16-8-14-34(26-36)33-13-7-15-35(25-33)39-42-37(31-21-17-29(18-22-31)27-9-3-1-4-10-27)41-38(43-39)32-23-19-30(20-24-32)28-11-5-2-6-12-28/h1-26H. The summed E-state index contributed by atoms with van der Waals surface area (Å²) in [6.07, 6.45) is 0. The van der Waals surface area contributed by atoms with Gasteiger partial charge in [-0.25, -0.2) is 15.0 Å². The highest BCUT2D eigenvalue weighted by Gasteiger charge is 2.14. The Kier molecular flexibility index (Phi) is 7.31. The maximum absolute atomic E-state index is 6.30. The highest BCUT2D eigenvalue weighted by atomic mass is 35.5. The summed E-state index contributed by atoms with van der Waals surface area (Å²) in [4.78, 5) is 14.9. The maximum Gasteiger partial charge on any atom is 0.164 e. The van der Waals surface area contributed by atoms with Crippen molar-refractivity contribution >= 4 is 11.6 Å². The third-order valence-corrected chi connectivity index (χ3v) is 7.65. The molecule has 0 amide bonds. The van der Waals surface area contributed by atoms with E-state index in [-0.39, 0.29) is 0 Å². The Morgan fingerprint density at radius 1 is 0.279 bits per heavy atom. The number of rotatable bonds is 6. The predicted octanol–water partition coefficient (Wildman–Crippen LogP) is 10.5. The van der Waals surface area contributed by atoms with Gasteiger partial charge in [0.15, 0.2) is 17.5 Å². The third kappa shape index (κ3) is 5.85. The number of hydrogen-bond acceptors (Lipinski definition) is 3. The van der Waals surface area contributed by atoms with Crippen molar-refractivity contribution in [3.63, 3.8) is 0 Å². The molecule has 0 N–H and O–H groups in total. The zero-order valence-electron chi connectivity index (χ0n) is 23.2. The van der Waals surface area contributed by atoms with E-state index in [1.807, 2.05) is 66.7 Å². The van der Waals surface area contributed by atoms with Gasteiger partial charge in [0.1, 0.15) is 0 Å². The molecule has 0 radical (unpaired) electrons. The number of halogens is 1. The fourth-order valence-corrected chi connectivity index (χ4v) is 5.34. The van der Waals surface area contributed by atoms with Crippen molar-refractivity contribution in [1.82, 2.24) is 15.0 Å². The second kappa shape index (κ2) is 11.8. The Balaban J connectivity index is 1.32. The Labute approximate surface area is 256 Å². The lowest BCUT2D eigenvalue weighted by Crippen LogP contribution is -2.00. The molecular weight excluding hydrogens is 546 g/mol. The van der Waals surface area contributed by atoms with Crippen LogP contribution in [0.2, 0.25) is 5.02 Å². The minimum absolute atomic E-state index is 0.614. The lowest BCUT2D eigenvalue weighted by Gasteiger charge is -2.11. The minimum atomic E-state index is 0.614. The lowest BCUT2D eigenvalue weighted by atomic mass is 10.0. The molecule has 6 aromatic carbocycles. The second-order valence-corrected chi connectivity index (χ2v) is 10.7. The SMILES string of the molecule is Clc1cccc(-c2cccc(-c3nc(-c4ccc(-c5ccccc5)cc4)nc(-c4ccc(-c5ccccc5)cc4)n3)c2)c1. The molecule has 0 saturated heterocycles. The quantitative estimate of drug-likeness (QED) is 0.199. The average molecular weight is 572 g/mol. The van der Waals surface area contributed by atoms with E-state index in [4.69, 9.17) is 26.6 Å². The van der Waals surface area contributed by atoms with Crippen molar-refractivity contribution in [2.75, 3.05) is 0 Å². The van der Waals surface area contributed by atoms with Crippen LogP contribution in [0, 0.1) is 0 Å². The average Bonchev–Trinajstić information content (AvgIpc) is 3.09. The number of nitrogens with zero attached hydrogens (tertiary/aromatic N) is 3. The molecule has 0 aliphatic heterocycles. The Bertz CT molecular complexity index is 1900. The van der Waals surface area contributed by atoms with Crippen LogP contribution < -0.4 is 0 Å². The first-order chi connectivity index (χ1) is 21.2. The van der Waals surface area contributed by atoms with Gasteiger partial charge in [-0.15, -0.1) is 0 Å². The van der Waals surface area contributed by atoms with E-state index < -0.39 is 0 Å². The molecule has 7 rings (SSSR count). The molecule has 0 fully saturated rings. The fraction of sp³-hybridized carbons (Fsp3) is 0. The summed E-state index contributed by atoms with van der Waals surface area (Å²) in [5, 5.41) is 0.700. The van der Waals surface area contributed by atoms with Crippen LogP contribution in [0.4, 0.5) is 0 Å². The monoisotopic (exact) mass is 571 g/mol. The molecule has 204 valence electrons. The molecule has 7 aromatic rings. The van der Waals surface area contributed by atoms with Crippen molar-refractivity contribution < 1.29 is 0 Å². The smallest absolute Gasteiger partial charge is 0.164 e. The summed E-state index contributed by atoms with van der Waals surface area (Å²) in [6.45, 7) is 0. The van der Waals surface area contributed by atoms with Crippen LogP contribution in [0.15, 0.2) is 158 Å². The second-order valence-electron chi connectivity index (χ2n) is 10.3. The zero-order chi connectivity index (χ0) is 29.0. The van der Waals surface area contributed by atoms with Crippen LogP contribution >= 0.6 is 11.6 Å². The van der Waals surface area contributed by atoms with Gasteiger partial charge < -0.3 is 0 Å². The van der Waals surface area contributed by atoms with E-state index in [1.54, 1.807) is 0 Å². The van der Waals surface area contributed by atoms with Crippen molar-refractivity contribution in [2.24, 2.45) is 0 Å². The Hall–Kier alpha value is -5.38. The van der Waals surface area contributed by atoms with Gasteiger partial charge in [-0.2, -0.15) is 0 Å². The van der Waals surface area contributed by atoms with Crippen molar-refractivity contribution in [2.45, 2.75) is 0 Å². The molecule has 43 heavy (non-hydrogen) atoms. The first kappa shape index (κ1) is 26.5. The first-order valence-corrected chi connectivity index (χ1v) is 14.5. The van der Waals surface area contributed by atoms with Gasteiger partial charge in [-0.3, -0.25) is 0 Å². The largest absolute Gasteiger partial charge is 0.208 e. The van der Waals surface area contributed by atoms with Gasteiger partial charge >= 0.3 is 0 Å². The molecule has 0 aliphatic rings. The van der Waals surface area contributed by atoms with Crippen molar-refractivity contribution in [3.8, 4) is 67.5 Å². The fourth-order valence-electron chi connectivity index (χ4n) is 5.15. The van der Waals surface area contributed by atoms with Crippen LogP contribution in [-0.2, 0) is 0 Å². The highest BCUT2D eigenvalue weighted by molar-refractivity contribution is 6.30. The molecule has 1 aromatic heterocycles. The van der Waals surface area contributed by atoms with Gasteiger partial charge in [0.25, 0.3) is 0 Å². The predicted molar refractivity (Wildman–Crippen MR) is 177 cm³/mol. The maximum atomic E-state index is 6.30. The van der Waals surface area contributed by atoms with Gasteiger partial charge in [0, 0.05) is 21.7 Å². The lowest BCUT2D eigenvalue weighted by molar-refractivity contribution is 1.07. The molecule has 0 bridgehead atoms. The number of aromatic nitrogens is 3. The summed E-state index contributed by atoms with van der Waals surface area (Å²) in [5.74, 6) is 1.86. The van der Waals surface area contributed by atoms with E-state index in [0.717, 1.165) is 38.9 Å². The molecular formula is C39H26ClN3. The van der Waals surface area contributed by atoms with Crippen molar-refractivity contribution in [1.29, 1.82) is 0 Å². The molecule has 0 aliphatic carbocycles. The first-order valence-electron chi connectivity index (χ1n) is 14.1. The summed E-state index contributed by atoms with van der Waals surface area (Å²) in [5.41, 5.74) is 9.47.